The van der Waals surface area contributed by atoms with Crippen LogP contribution in [0.4, 0.5) is 14.9 Å². The van der Waals surface area contributed by atoms with E-state index in [9.17, 15) is 14.0 Å². The minimum atomic E-state index is -0.905. The topological polar surface area (TPSA) is 78.9 Å². The number of anilines is 1. The quantitative estimate of drug-likeness (QED) is 0.894. The zero-order chi connectivity index (χ0) is 15.6. The third-order valence-electron chi connectivity index (χ3n) is 3.62. The summed E-state index contributed by atoms with van der Waals surface area (Å²) in [4.78, 5) is 24.6. The van der Waals surface area contributed by atoms with Crippen LogP contribution in [0, 0.1) is 17.7 Å². The Morgan fingerprint density at radius 3 is 2.71 bits per heavy atom. The molecule has 1 fully saturated rings. The van der Waals surface area contributed by atoms with E-state index in [4.69, 9.17) is 9.84 Å². The number of nitrogens with zero attached hydrogens (tertiary/aromatic N) is 1. The van der Waals surface area contributed by atoms with Crippen molar-refractivity contribution < 1.29 is 23.8 Å². The van der Waals surface area contributed by atoms with Crippen molar-refractivity contribution in [1.82, 2.24) is 4.90 Å². The van der Waals surface area contributed by atoms with E-state index >= 15 is 0 Å². The van der Waals surface area contributed by atoms with Gasteiger partial charge in [0.2, 0.25) is 0 Å². The number of halogens is 1. The number of carboxylic acids is 1. The molecule has 0 radical (unpaired) electrons. The first-order valence-corrected chi connectivity index (χ1v) is 6.54. The molecule has 21 heavy (non-hydrogen) atoms. The summed E-state index contributed by atoms with van der Waals surface area (Å²) < 4.78 is 18.1. The van der Waals surface area contributed by atoms with Crippen LogP contribution in [0.3, 0.4) is 0 Å². The lowest BCUT2D eigenvalue weighted by molar-refractivity contribution is -0.142. The number of carboxylic acid groups (broad SMARTS) is 1. The van der Waals surface area contributed by atoms with Gasteiger partial charge < -0.3 is 20.1 Å². The average Bonchev–Trinajstić information content (AvgIpc) is 2.83. The molecule has 0 spiro atoms. The van der Waals surface area contributed by atoms with Gasteiger partial charge >= 0.3 is 12.0 Å². The highest BCUT2D eigenvalue weighted by Crippen LogP contribution is 2.27. The maximum absolute atomic E-state index is 13.1. The van der Waals surface area contributed by atoms with Gasteiger partial charge in [0.05, 0.1) is 18.7 Å². The number of hydrogen-bond donors (Lipinski definition) is 2. The van der Waals surface area contributed by atoms with Crippen molar-refractivity contribution in [2.45, 2.75) is 6.92 Å². The van der Waals surface area contributed by atoms with Crippen LogP contribution in [0.5, 0.6) is 5.75 Å². The Balaban J connectivity index is 2.07. The highest BCUT2D eigenvalue weighted by Gasteiger charge is 2.37. The molecule has 1 aliphatic rings. The lowest BCUT2D eigenvalue weighted by atomic mass is 9.99. The number of aliphatic carboxylic acids is 1. The number of likely N-dealkylation sites (tertiary alicyclic amines) is 1. The van der Waals surface area contributed by atoms with Crippen LogP contribution in [-0.4, -0.2) is 42.2 Å². The van der Waals surface area contributed by atoms with Crippen molar-refractivity contribution in [2.75, 3.05) is 25.5 Å². The number of methoxy groups -OCH3 is 1. The van der Waals surface area contributed by atoms with Crippen molar-refractivity contribution in [2.24, 2.45) is 11.8 Å². The molecule has 1 heterocycles. The Morgan fingerprint density at radius 2 is 2.14 bits per heavy atom. The minimum absolute atomic E-state index is 0.108. The smallest absolute Gasteiger partial charge is 0.321 e. The Morgan fingerprint density at radius 1 is 1.43 bits per heavy atom. The van der Waals surface area contributed by atoms with Crippen molar-refractivity contribution in [3.63, 3.8) is 0 Å². The fourth-order valence-electron chi connectivity index (χ4n) is 2.42. The molecule has 2 rings (SSSR count). The average molecular weight is 296 g/mol. The Hall–Kier alpha value is -2.31. The molecule has 1 aromatic rings. The molecule has 1 saturated heterocycles. The molecule has 0 saturated carbocycles. The van der Waals surface area contributed by atoms with Gasteiger partial charge in [0, 0.05) is 19.2 Å². The highest BCUT2D eigenvalue weighted by atomic mass is 19.1. The third-order valence-corrected chi connectivity index (χ3v) is 3.62. The van der Waals surface area contributed by atoms with Gasteiger partial charge in [-0.3, -0.25) is 4.79 Å². The van der Waals surface area contributed by atoms with Crippen LogP contribution in [-0.2, 0) is 4.79 Å². The summed E-state index contributed by atoms with van der Waals surface area (Å²) >= 11 is 0. The Bertz CT molecular complexity index is 564. The molecule has 0 bridgehead atoms. The summed E-state index contributed by atoms with van der Waals surface area (Å²) in [6.07, 6.45) is 0. The van der Waals surface area contributed by atoms with Gasteiger partial charge in [-0.25, -0.2) is 9.18 Å². The Kier molecular flexibility index (Phi) is 4.30. The van der Waals surface area contributed by atoms with Crippen LogP contribution >= 0.6 is 0 Å². The van der Waals surface area contributed by atoms with Crippen molar-refractivity contribution >= 4 is 17.7 Å². The van der Waals surface area contributed by atoms with Gasteiger partial charge in [0.15, 0.2) is 0 Å². The first kappa shape index (κ1) is 15.1. The number of urea groups is 1. The molecule has 7 heteroatoms. The van der Waals surface area contributed by atoms with E-state index in [1.807, 2.05) is 0 Å². The monoisotopic (exact) mass is 296 g/mol. The van der Waals surface area contributed by atoms with Crippen molar-refractivity contribution in [1.29, 1.82) is 0 Å². The normalized spacial score (nSPS) is 21.2. The van der Waals surface area contributed by atoms with E-state index in [0.29, 0.717) is 12.2 Å². The SMILES string of the molecule is COc1cc(F)ccc1NC(=O)N1CC(C)C(C(=O)O)C1. The molecule has 114 valence electrons. The van der Waals surface area contributed by atoms with Crippen LogP contribution in [0.15, 0.2) is 18.2 Å². The first-order valence-electron chi connectivity index (χ1n) is 6.54. The Labute approximate surface area is 121 Å². The second kappa shape index (κ2) is 5.99. The maximum atomic E-state index is 13.1. The lowest BCUT2D eigenvalue weighted by Crippen LogP contribution is -2.34. The van der Waals surface area contributed by atoms with Crippen LogP contribution in [0.2, 0.25) is 0 Å². The molecule has 0 aliphatic carbocycles. The number of benzene rings is 1. The van der Waals surface area contributed by atoms with E-state index in [1.54, 1.807) is 6.92 Å². The number of hydrogen-bond acceptors (Lipinski definition) is 3. The van der Waals surface area contributed by atoms with Gasteiger partial charge in [-0.05, 0) is 18.1 Å². The van der Waals surface area contributed by atoms with E-state index in [2.05, 4.69) is 5.32 Å². The predicted molar refractivity (Wildman–Crippen MR) is 73.8 cm³/mol. The van der Waals surface area contributed by atoms with Crippen LogP contribution in [0.25, 0.3) is 0 Å². The van der Waals surface area contributed by atoms with Crippen molar-refractivity contribution in [3.05, 3.63) is 24.0 Å². The predicted octanol–water partition coefficient (Wildman–Crippen LogP) is 2.02. The summed E-state index contributed by atoms with van der Waals surface area (Å²) in [5, 5.41) is 11.7. The number of ether oxygens (including phenoxy) is 1. The fraction of sp³-hybridized carbons (Fsp3) is 0.429. The zero-order valence-corrected chi connectivity index (χ0v) is 11.8. The second-order valence-electron chi connectivity index (χ2n) is 5.10. The van der Waals surface area contributed by atoms with E-state index in [1.165, 1.54) is 30.2 Å². The number of rotatable bonds is 3. The largest absolute Gasteiger partial charge is 0.494 e. The minimum Gasteiger partial charge on any atom is -0.494 e. The fourth-order valence-corrected chi connectivity index (χ4v) is 2.42. The van der Waals surface area contributed by atoms with Gasteiger partial charge in [-0.1, -0.05) is 6.92 Å². The maximum Gasteiger partial charge on any atom is 0.321 e. The first-order chi connectivity index (χ1) is 9.92. The van der Waals surface area contributed by atoms with E-state index in [-0.39, 0.29) is 18.2 Å². The van der Waals surface area contributed by atoms with Gasteiger partial charge in [-0.15, -0.1) is 0 Å². The summed E-state index contributed by atoms with van der Waals surface area (Å²) in [6.45, 7) is 2.32. The number of carbonyl (C=O) groups is 2. The van der Waals surface area contributed by atoms with E-state index < -0.39 is 23.7 Å². The second-order valence-corrected chi connectivity index (χ2v) is 5.10. The van der Waals surface area contributed by atoms with Crippen LogP contribution < -0.4 is 10.1 Å². The van der Waals surface area contributed by atoms with E-state index in [0.717, 1.165) is 0 Å². The van der Waals surface area contributed by atoms with Crippen LogP contribution in [0.1, 0.15) is 6.92 Å². The molecule has 1 aromatic carbocycles. The standard InChI is InChI=1S/C14H17FN2O4/c1-8-6-17(7-10(8)13(18)19)14(20)16-11-4-3-9(15)5-12(11)21-2/h3-5,8,10H,6-7H2,1-2H3,(H,16,20)(H,18,19). The van der Waals surface area contributed by atoms with Gasteiger partial charge in [0.25, 0.3) is 0 Å². The molecule has 0 aromatic heterocycles. The van der Waals surface area contributed by atoms with Gasteiger partial charge in [0.1, 0.15) is 11.6 Å². The zero-order valence-electron chi connectivity index (χ0n) is 11.8. The molecular weight excluding hydrogens is 279 g/mol. The molecular formula is C14H17FN2O4. The molecule has 2 atom stereocenters. The lowest BCUT2D eigenvalue weighted by Gasteiger charge is -2.18. The number of amides is 2. The molecule has 1 aliphatic heterocycles. The molecule has 2 N–H and O–H groups in total. The summed E-state index contributed by atoms with van der Waals surface area (Å²) in [5.74, 6) is -1.83. The number of carbonyl (C=O) groups excluding carboxylic acids is 1. The van der Waals surface area contributed by atoms with Crippen molar-refractivity contribution in [3.8, 4) is 5.75 Å². The number of nitrogens with one attached hydrogen (secondary N) is 1. The molecule has 6 nitrogen and oxygen atoms in total. The summed E-state index contributed by atoms with van der Waals surface area (Å²) in [5.41, 5.74) is 0.343. The highest BCUT2D eigenvalue weighted by molar-refractivity contribution is 5.91. The molecule has 2 unspecified atom stereocenters. The summed E-state index contributed by atoms with van der Waals surface area (Å²) in [7, 11) is 1.38. The third kappa shape index (κ3) is 3.24. The molecule has 2 amide bonds. The van der Waals surface area contributed by atoms with Gasteiger partial charge in [-0.2, -0.15) is 0 Å². The summed E-state index contributed by atoms with van der Waals surface area (Å²) in [6, 6.07) is 3.36.